The number of aromatic nitrogens is 2. The van der Waals surface area contributed by atoms with Gasteiger partial charge in [0.2, 0.25) is 5.82 Å². The molecule has 0 spiro atoms. The fraction of sp³-hybridized carbons (Fsp3) is 0.0667. The maximum atomic E-state index is 5.86. The summed E-state index contributed by atoms with van der Waals surface area (Å²) in [6.45, 7) is 0. The van der Waals surface area contributed by atoms with Gasteiger partial charge in [0.1, 0.15) is 5.75 Å². The number of rotatable bonds is 3. The molecule has 0 aliphatic heterocycles. The molecule has 3 aromatic rings. The Hall–Kier alpha value is -2.33. The Bertz CT molecular complexity index is 723. The molecule has 0 amide bonds. The zero-order valence-electron chi connectivity index (χ0n) is 10.7. The molecule has 4 nitrogen and oxygen atoms in total. The predicted molar refractivity (Wildman–Crippen MR) is 76.7 cm³/mol. The zero-order valence-corrected chi connectivity index (χ0v) is 11.5. The van der Waals surface area contributed by atoms with Crippen LogP contribution in [-0.4, -0.2) is 17.3 Å². The van der Waals surface area contributed by atoms with E-state index in [0.717, 1.165) is 11.1 Å². The van der Waals surface area contributed by atoms with E-state index in [0.29, 0.717) is 22.5 Å². The lowest BCUT2D eigenvalue weighted by Gasteiger charge is -2.02. The Morgan fingerprint density at radius 3 is 2.55 bits per heavy atom. The first-order chi connectivity index (χ1) is 9.78. The van der Waals surface area contributed by atoms with Crippen LogP contribution in [0.15, 0.2) is 53.1 Å². The first-order valence-electron chi connectivity index (χ1n) is 6.01. The summed E-state index contributed by atoms with van der Waals surface area (Å²) < 4.78 is 10.6. The molecule has 0 atom stereocenters. The molecule has 0 radical (unpaired) electrons. The van der Waals surface area contributed by atoms with E-state index in [1.807, 2.05) is 36.4 Å². The number of halogens is 1. The van der Waals surface area contributed by atoms with Crippen molar-refractivity contribution in [3.8, 4) is 28.6 Å². The number of hydrogen-bond donors (Lipinski definition) is 0. The second-order valence-electron chi connectivity index (χ2n) is 4.13. The van der Waals surface area contributed by atoms with Gasteiger partial charge in [-0.2, -0.15) is 4.98 Å². The quantitative estimate of drug-likeness (QED) is 0.728. The minimum atomic E-state index is 0.424. The molecule has 5 heteroatoms. The molecule has 3 rings (SSSR count). The summed E-state index contributed by atoms with van der Waals surface area (Å²) in [7, 11) is 1.61. The first-order valence-corrected chi connectivity index (χ1v) is 6.39. The van der Waals surface area contributed by atoms with Crippen LogP contribution in [0.2, 0.25) is 5.02 Å². The van der Waals surface area contributed by atoms with E-state index in [1.54, 1.807) is 19.2 Å². The zero-order chi connectivity index (χ0) is 13.9. The highest BCUT2D eigenvalue weighted by Crippen LogP contribution is 2.29. The number of methoxy groups -OCH3 is 1. The number of benzene rings is 2. The lowest BCUT2D eigenvalue weighted by atomic mass is 10.2. The standard InChI is InChI=1S/C15H11ClN2O2/c1-19-13-5-3-2-4-12(13)15-17-14(18-20-15)10-6-8-11(16)9-7-10/h2-9H,1H3. The summed E-state index contributed by atoms with van der Waals surface area (Å²) >= 11 is 5.86. The highest BCUT2D eigenvalue weighted by Gasteiger charge is 2.14. The van der Waals surface area contributed by atoms with Crippen molar-refractivity contribution >= 4 is 11.6 Å². The highest BCUT2D eigenvalue weighted by atomic mass is 35.5. The molecule has 100 valence electrons. The van der Waals surface area contributed by atoms with E-state index < -0.39 is 0 Å². The van der Waals surface area contributed by atoms with Crippen LogP contribution in [0.1, 0.15) is 0 Å². The molecule has 0 bridgehead atoms. The molecule has 0 aliphatic carbocycles. The van der Waals surface area contributed by atoms with Gasteiger partial charge in [0.15, 0.2) is 0 Å². The van der Waals surface area contributed by atoms with Crippen LogP contribution >= 0.6 is 11.6 Å². The van der Waals surface area contributed by atoms with Crippen LogP contribution in [-0.2, 0) is 0 Å². The average molecular weight is 287 g/mol. The van der Waals surface area contributed by atoms with E-state index in [4.69, 9.17) is 20.9 Å². The van der Waals surface area contributed by atoms with Gasteiger partial charge in [-0.1, -0.05) is 28.9 Å². The van der Waals surface area contributed by atoms with E-state index in [1.165, 1.54) is 0 Å². The van der Waals surface area contributed by atoms with Crippen LogP contribution in [0, 0.1) is 0 Å². The number of ether oxygens (including phenoxy) is 1. The van der Waals surface area contributed by atoms with Crippen molar-refractivity contribution in [1.82, 2.24) is 10.1 Å². The average Bonchev–Trinajstić information content (AvgIpc) is 2.97. The van der Waals surface area contributed by atoms with Crippen molar-refractivity contribution in [2.75, 3.05) is 7.11 Å². The summed E-state index contributed by atoms with van der Waals surface area (Å²) in [5.41, 5.74) is 1.61. The second kappa shape index (κ2) is 5.35. The van der Waals surface area contributed by atoms with E-state index >= 15 is 0 Å². The van der Waals surface area contributed by atoms with Gasteiger partial charge in [-0.15, -0.1) is 0 Å². The summed E-state index contributed by atoms with van der Waals surface area (Å²) in [5.74, 6) is 1.63. The highest BCUT2D eigenvalue weighted by molar-refractivity contribution is 6.30. The van der Waals surface area contributed by atoms with E-state index in [-0.39, 0.29) is 0 Å². The van der Waals surface area contributed by atoms with Crippen molar-refractivity contribution < 1.29 is 9.26 Å². The van der Waals surface area contributed by atoms with Gasteiger partial charge in [0.25, 0.3) is 5.89 Å². The SMILES string of the molecule is COc1ccccc1-c1nc(-c2ccc(Cl)cc2)no1. The van der Waals surface area contributed by atoms with Crippen molar-refractivity contribution in [1.29, 1.82) is 0 Å². The molecule has 0 fully saturated rings. The molecule has 0 aliphatic rings. The monoisotopic (exact) mass is 286 g/mol. The fourth-order valence-corrected chi connectivity index (χ4v) is 2.00. The van der Waals surface area contributed by atoms with Gasteiger partial charge < -0.3 is 9.26 Å². The molecule has 2 aromatic carbocycles. The topological polar surface area (TPSA) is 48.2 Å². The number of hydrogen-bond acceptors (Lipinski definition) is 4. The van der Waals surface area contributed by atoms with Gasteiger partial charge in [-0.25, -0.2) is 0 Å². The smallest absolute Gasteiger partial charge is 0.262 e. The van der Waals surface area contributed by atoms with Crippen molar-refractivity contribution in [2.45, 2.75) is 0 Å². The fourth-order valence-electron chi connectivity index (χ4n) is 1.87. The third-order valence-electron chi connectivity index (χ3n) is 2.87. The molecule has 0 saturated heterocycles. The number of nitrogens with zero attached hydrogens (tertiary/aromatic N) is 2. The van der Waals surface area contributed by atoms with E-state index in [9.17, 15) is 0 Å². The van der Waals surface area contributed by atoms with Crippen LogP contribution in [0.25, 0.3) is 22.8 Å². The molecular formula is C15H11ClN2O2. The van der Waals surface area contributed by atoms with Gasteiger partial charge in [-0.3, -0.25) is 0 Å². The maximum absolute atomic E-state index is 5.86. The minimum absolute atomic E-state index is 0.424. The molecule has 0 unspecified atom stereocenters. The minimum Gasteiger partial charge on any atom is -0.496 e. The van der Waals surface area contributed by atoms with Gasteiger partial charge in [0, 0.05) is 10.6 Å². The largest absolute Gasteiger partial charge is 0.496 e. The van der Waals surface area contributed by atoms with E-state index in [2.05, 4.69) is 10.1 Å². The molecule has 20 heavy (non-hydrogen) atoms. The Balaban J connectivity index is 2.00. The van der Waals surface area contributed by atoms with Crippen LogP contribution in [0.3, 0.4) is 0 Å². The lowest BCUT2D eigenvalue weighted by molar-refractivity contribution is 0.405. The van der Waals surface area contributed by atoms with Crippen molar-refractivity contribution in [3.63, 3.8) is 0 Å². The normalized spacial score (nSPS) is 10.5. The molecule has 0 N–H and O–H groups in total. The second-order valence-corrected chi connectivity index (χ2v) is 4.57. The van der Waals surface area contributed by atoms with Crippen LogP contribution < -0.4 is 4.74 Å². The Morgan fingerprint density at radius 2 is 1.80 bits per heavy atom. The van der Waals surface area contributed by atoms with Crippen LogP contribution in [0.4, 0.5) is 0 Å². The van der Waals surface area contributed by atoms with Gasteiger partial charge in [-0.05, 0) is 36.4 Å². The third kappa shape index (κ3) is 2.38. The summed E-state index contributed by atoms with van der Waals surface area (Å²) in [5, 5.41) is 4.65. The summed E-state index contributed by atoms with van der Waals surface area (Å²) in [6.07, 6.45) is 0. The molecule has 0 saturated carbocycles. The van der Waals surface area contributed by atoms with Gasteiger partial charge >= 0.3 is 0 Å². The Kier molecular flexibility index (Phi) is 3.39. The molecular weight excluding hydrogens is 276 g/mol. The summed E-state index contributed by atoms with van der Waals surface area (Å²) in [6, 6.07) is 14.8. The third-order valence-corrected chi connectivity index (χ3v) is 3.12. The van der Waals surface area contributed by atoms with Crippen molar-refractivity contribution in [3.05, 3.63) is 53.6 Å². The van der Waals surface area contributed by atoms with Crippen molar-refractivity contribution in [2.24, 2.45) is 0 Å². The molecule has 1 heterocycles. The lowest BCUT2D eigenvalue weighted by Crippen LogP contribution is -1.87. The molecule has 1 aromatic heterocycles. The Morgan fingerprint density at radius 1 is 1.05 bits per heavy atom. The number of para-hydroxylation sites is 1. The van der Waals surface area contributed by atoms with Gasteiger partial charge in [0.05, 0.1) is 12.7 Å². The first kappa shape index (κ1) is 12.7. The predicted octanol–water partition coefficient (Wildman–Crippen LogP) is 4.07. The maximum Gasteiger partial charge on any atom is 0.262 e. The summed E-state index contributed by atoms with van der Waals surface area (Å²) in [4.78, 5) is 4.39. The van der Waals surface area contributed by atoms with Crippen LogP contribution in [0.5, 0.6) is 5.75 Å². The Labute approximate surface area is 121 Å².